The fourth-order valence-electron chi connectivity index (χ4n) is 2.95. The van der Waals surface area contributed by atoms with E-state index in [4.69, 9.17) is 0 Å². The highest BCUT2D eigenvalue weighted by Gasteiger charge is 2.27. The van der Waals surface area contributed by atoms with Crippen LogP contribution in [0.3, 0.4) is 0 Å². The number of aliphatic hydroxyl groups is 1. The normalized spacial score (nSPS) is 29.6. The summed E-state index contributed by atoms with van der Waals surface area (Å²) in [7, 11) is 0. The average Bonchev–Trinajstić information content (AvgIpc) is 2.60. The smallest absolute Gasteiger partial charge is 0.0746 e. The number of hydrogen-bond donors (Lipinski definition) is 2. The van der Waals surface area contributed by atoms with Crippen LogP contribution >= 0.6 is 0 Å². The first-order chi connectivity index (χ1) is 7.43. The molecule has 16 heavy (non-hydrogen) atoms. The molecule has 1 fully saturated rings. The molecule has 3 atom stereocenters. The van der Waals surface area contributed by atoms with Gasteiger partial charge in [-0.15, -0.1) is 0 Å². The van der Waals surface area contributed by atoms with E-state index < -0.39 is 5.60 Å². The Labute approximate surface area is 101 Å². The molecule has 1 aliphatic rings. The summed E-state index contributed by atoms with van der Waals surface area (Å²) in [5, 5.41) is 13.7. The minimum atomic E-state index is -0.543. The molecule has 96 valence electrons. The van der Waals surface area contributed by atoms with E-state index in [1.54, 1.807) is 0 Å². The molecule has 3 unspecified atom stereocenters. The van der Waals surface area contributed by atoms with Gasteiger partial charge in [-0.3, -0.25) is 0 Å². The van der Waals surface area contributed by atoms with Gasteiger partial charge in [0.2, 0.25) is 0 Å². The van der Waals surface area contributed by atoms with Crippen LogP contribution in [-0.4, -0.2) is 23.3 Å². The van der Waals surface area contributed by atoms with Gasteiger partial charge in [-0.2, -0.15) is 0 Å². The molecule has 0 aromatic carbocycles. The van der Waals surface area contributed by atoms with Gasteiger partial charge in [-0.05, 0) is 44.4 Å². The molecule has 0 aliphatic heterocycles. The summed E-state index contributed by atoms with van der Waals surface area (Å²) in [4.78, 5) is 0. The molecule has 2 N–H and O–H groups in total. The number of rotatable bonds is 6. The van der Waals surface area contributed by atoms with Gasteiger partial charge in [0, 0.05) is 12.6 Å². The minimum absolute atomic E-state index is 0.543. The summed E-state index contributed by atoms with van der Waals surface area (Å²) in [5.41, 5.74) is -0.543. The van der Waals surface area contributed by atoms with Crippen LogP contribution in [-0.2, 0) is 0 Å². The maximum absolute atomic E-state index is 10.2. The van der Waals surface area contributed by atoms with Crippen LogP contribution in [0.25, 0.3) is 0 Å². The predicted molar refractivity (Wildman–Crippen MR) is 69.5 cm³/mol. The molecular weight excluding hydrogens is 198 g/mol. The van der Waals surface area contributed by atoms with Gasteiger partial charge in [-0.1, -0.05) is 27.2 Å². The summed E-state index contributed by atoms with van der Waals surface area (Å²) in [6, 6.07) is 0.642. The van der Waals surface area contributed by atoms with Gasteiger partial charge < -0.3 is 10.4 Å². The van der Waals surface area contributed by atoms with E-state index in [0.29, 0.717) is 12.0 Å². The third kappa shape index (κ3) is 4.84. The van der Waals surface area contributed by atoms with E-state index in [1.807, 2.05) is 6.92 Å². The van der Waals surface area contributed by atoms with Crippen molar-refractivity contribution in [1.82, 2.24) is 5.32 Å². The van der Waals surface area contributed by atoms with Crippen LogP contribution in [0.5, 0.6) is 0 Å². The molecule has 1 aliphatic carbocycles. The molecule has 0 amide bonds. The fourth-order valence-corrected chi connectivity index (χ4v) is 2.95. The summed E-state index contributed by atoms with van der Waals surface area (Å²) in [6.07, 6.45) is 6.13. The van der Waals surface area contributed by atoms with E-state index in [-0.39, 0.29) is 0 Å². The lowest BCUT2D eigenvalue weighted by Crippen LogP contribution is -2.42. The maximum Gasteiger partial charge on any atom is 0.0746 e. The van der Waals surface area contributed by atoms with Crippen molar-refractivity contribution in [3.05, 3.63) is 0 Å². The monoisotopic (exact) mass is 227 g/mol. The van der Waals surface area contributed by atoms with Crippen molar-refractivity contribution in [3.8, 4) is 0 Å². The van der Waals surface area contributed by atoms with Crippen LogP contribution in [0.1, 0.15) is 59.8 Å². The molecule has 0 heterocycles. The Kier molecular flexibility index (Phi) is 5.26. The SMILES string of the molecule is CCC1CCC(NCC(C)(O)CC(C)C)C1. The molecule has 1 rings (SSSR count). The zero-order chi connectivity index (χ0) is 12.2. The second kappa shape index (κ2) is 6.02. The zero-order valence-corrected chi connectivity index (χ0v) is 11.4. The van der Waals surface area contributed by atoms with Gasteiger partial charge in [-0.25, -0.2) is 0 Å². The van der Waals surface area contributed by atoms with Crippen molar-refractivity contribution in [3.63, 3.8) is 0 Å². The quantitative estimate of drug-likeness (QED) is 0.731. The van der Waals surface area contributed by atoms with Crippen molar-refractivity contribution in [2.75, 3.05) is 6.54 Å². The van der Waals surface area contributed by atoms with E-state index >= 15 is 0 Å². The zero-order valence-electron chi connectivity index (χ0n) is 11.4. The van der Waals surface area contributed by atoms with Gasteiger partial charge in [0.25, 0.3) is 0 Å². The van der Waals surface area contributed by atoms with E-state index in [2.05, 4.69) is 26.1 Å². The summed E-state index contributed by atoms with van der Waals surface area (Å²) in [5.74, 6) is 1.47. The van der Waals surface area contributed by atoms with Gasteiger partial charge in [0.1, 0.15) is 0 Å². The largest absolute Gasteiger partial charge is 0.389 e. The Balaban J connectivity index is 2.24. The lowest BCUT2D eigenvalue weighted by Gasteiger charge is -2.27. The van der Waals surface area contributed by atoms with E-state index in [1.165, 1.54) is 25.7 Å². The van der Waals surface area contributed by atoms with Crippen molar-refractivity contribution in [2.45, 2.75) is 71.4 Å². The third-order valence-corrected chi connectivity index (χ3v) is 3.74. The van der Waals surface area contributed by atoms with Gasteiger partial charge in [0.15, 0.2) is 0 Å². The summed E-state index contributed by atoms with van der Waals surface area (Å²) < 4.78 is 0. The third-order valence-electron chi connectivity index (χ3n) is 3.74. The van der Waals surface area contributed by atoms with Crippen LogP contribution in [0, 0.1) is 11.8 Å². The fraction of sp³-hybridized carbons (Fsp3) is 1.00. The van der Waals surface area contributed by atoms with Crippen LogP contribution in [0.4, 0.5) is 0 Å². The van der Waals surface area contributed by atoms with Crippen LogP contribution in [0.15, 0.2) is 0 Å². The Morgan fingerprint density at radius 3 is 2.56 bits per heavy atom. The standard InChI is InChI=1S/C14H29NO/c1-5-12-6-7-13(8-12)15-10-14(4,16)9-11(2)3/h11-13,15-16H,5-10H2,1-4H3. The highest BCUT2D eigenvalue weighted by molar-refractivity contribution is 4.84. The molecule has 0 bridgehead atoms. The number of hydrogen-bond acceptors (Lipinski definition) is 2. The first kappa shape index (κ1) is 14.0. The van der Waals surface area contributed by atoms with E-state index in [0.717, 1.165) is 18.9 Å². The Hall–Kier alpha value is -0.0800. The molecule has 0 saturated heterocycles. The van der Waals surface area contributed by atoms with Crippen molar-refractivity contribution < 1.29 is 5.11 Å². The molecule has 0 spiro atoms. The lowest BCUT2D eigenvalue weighted by atomic mass is 9.94. The molecular formula is C14H29NO. The summed E-state index contributed by atoms with van der Waals surface area (Å²) in [6.45, 7) is 9.30. The van der Waals surface area contributed by atoms with Crippen LogP contribution < -0.4 is 5.32 Å². The van der Waals surface area contributed by atoms with Crippen LogP contribution in [0.2, 0.25) is 0 Å². The summed E-state index contributed by atoms with van der Waals surface area (Å²) >= 11 is 0. The van der Waals surface area contributed by atoms with Crippen molar-refractivity contribution >= 4 is 0 Å². The first-order valence-electron chi connectivity index (χ1n) is 6.88. The second-order valence-electron chi connectivity index (χ2n) is 6.26. The molecule has 0 aromatic heterocycles. The Morgan fingerprint density at radius 2 is 2.06 bits per heavy atom. The molecule has 1 saturated carbocycles. The first-order valence-corrected chi connectivity index (χ1v) is 6.88. The topological polar surface area (TPSA) is 32.3 Å². The molecule has 2 nitrogen and oxygen atoms in total. The Bertz CT molecular complexity index is 201. The molecule has 0 radical (unpaired) electrons. The highest BCUT2D eigenvalue weighted by atomic mass is 16.3. The molecule has 2 heteroatoms. The lowest BCUT2D eigenvalue weighted by molar-refractivity contribution is 0.0359. The van der Waals surface area contributed by atoms with Gasteiger partial charge in [0.05, 0.1) is 5.60 Å². The van der Waals surface area contributed by atoms with Gasteiger partial charge >= 0.3 is 0 Å². The van der Waals surface area contributed by atoms with Crippen molar-refractivity contribution in [1.29, 1.82) is 0 Å². The van der Waals surface area contributed by atoms with Crippen molar-refractivity contribution in [2.24, 2.45) is 11.8 Å². The number of nitrogens with one attached hydrogen (secondary N) is 1. The predicted octanol–water partition coefficient (Wildman–Crippen LogP) is 2.95. The van der Waals surface area contributed by atoms with E-state index in [9.17, 15) is 5.11 Å². The maximum atomic E-state index is 10.2. The molecule has 0 aromatic rings. The highest BCUT2D eigenvalue weighted by Crippen LogP contribution is 2.28. The Morgan fingerprint density at radius 1 is 1.38 bits per heavy atom. The minimum Gasteiger partial charge on any atom is -0.389 e. The second-order valence-corrected chi connectivity index (χ2v) is 6.26. The average molecular weight is 227 g/mol.